The molecule has 2 fully saturated rings. The van der Waals surface area contributed by atoms with Crippen molar-refractivity contribution >= 4 is 22.4 Å². The lowest BCUT2D eigenvalue weighted by molar-refractivity contribution is -0.133. The molecule has 6 heteroatoms. The minimum absolute atomic E-state index is 0.0111. The molecule has 5 nitrogen and oxygen atoms in total. The highest BCUT2D eigenvalue weighted by Crippen LogP contribution is 2.28. The Hall–Kier alpha value is -1.92. The van der Waals surface area contributed by atoms with Crippen LogP contribution in [0.1, 0.15) is 12.8 Å². The summed E-state index contributed by atoms with van der Waals surface area (Å²) >= 11 is 1.62. The average Bonchev–Trinajstić information content (AvgIpc) is 3.27. The number of carbonyl (C=O) groups is 1. The molecule has 1 saturated carbocycles. The van der Waals surface area contributed by atoms with E-state index in [4.69, 9.17) is 9.72 Å². The molecule has 1 atom stereocenters. The van der Waals surface area contributed by atoms with E-state index >= 15 is 0 Å². The maximum atomic E-state index is 12.2. The summed E-state index contributed by atoms with van der Waals surface area (Å²) in [6, 6.07) is 10.5. The van der Waals surface area contributed by atoms with Gasteiger partial charge in [0.25, 0.3) is 5.91 Å². The minimum atomic E-state index is -0.395. The Bertz CT molecular complexity index is 684. The first kappa shape index (κ1) is 14.7. The Labute approximate surface area is 139 Å². The van der Waals surface area contributed by atoms with E-state index in [-0.39, 0.29) is 5.91 Å². The predicted molar refractivity (Wildman–Crippen MR) is 90.7 cm³/mol. The highest BCUT2D eigenvalue weighted by molar-refractivity contribution is 7.14. The number of ether oxygens (including phenoxy) is 1. The van der Waals surface area contributed by atoms with Gasteiger partial charge in [0.2, 0.25) is 0 Å². The van der Waals surface area contributed by atoms with Crippen molar-refractivity contribution in [1.82, 2.24) is 10.3 Å². The highest BCUT2D eigenvalue weighted by Gasteiger charge is 2.32. The molecule has 2 aromatic rings. The lowest BCUT2D eigenvalue weighted by Gasteiger charge is -2.31. The Morgan fingerprint density at radius 3 is 2.91 bits per heavy atom. The summed E-state index contributed by atoms with van der Waals surface area (Å²) in [5.41, 5.74) is 2.10. The van der Waals surface area contributed by atoms with Gasteiger partial charge in [-0.15, -0.1) is 11.3 Å². The smallest absolute Gasteiger partial charge is 0.251 e. The number of hydrogen-bond acceptors (Lipinski definition) is 5. The maximum absolute atomic E-state index is 12.2. The first-order chi connectivity index (χ1) is 11.3. The van der Waals surface area contributed by atoms with Crippen LogP contribution in [0.5, 0.6) is 0 Å². The molecule has 1 aliphatic carbocycles. The van der Waals surface area contributed by atoms with E-state index in [1.165, 1.54) is 0 Å². The second-order valence-electron chi connectivity index (χ2n) is 5.97. The molecular weight excluding hydrogens is 310 g/mol. The fraction of sp³-hybridized carbons (Fsp3) is 0.412. The molecule has 1 saturated heterocycles. The third-order valence-electron chi connectivity index (χ3n) is 4.11. The Morgan fingerprint density at radius 1 is 1.30 bits per heavy atom. The van der Waals surface area contributed by atoms with Crippen molar-refractivity contribution in [2.24, 2.45) is 0 Å². The fourth-order valence-corrected chi connectivity index (χ4v) is 3.53. The van der Waals surface area contributed by atoms with Crippen molar-refractivity contribution in [2.75, 3.05) is 24.6 Å². The average molecular weight is 329 g/mol. The number of nitrogens with one attached hydrogen (secondary N) is 1. The van der Waals surface area contributed by atoms with Crippen molar-refractivity contribution in [2.45, 2.75) is 25.0 Å². The van der Waals surface area contributed by atoms with Crippen LogP contribution in [-0.4, -0.2) is 42.7 Å². The zero-order chi connectivity index (χ0) is 15.6. The summed E-state index contributed by atoms with van der Waals surface area (Å²) < 4.78 is 5.63. The number of morpholine rings is 1. The van der Waals surface area contributed by atoms with E-state index in [9.17, 15) is 4.79 Å². The van der Waals surface area contributed by atoms with Crippen molar-refractivity contribution in [3.8, 4) is 11.3 Å². The van der Waals surface area contributed by atoms with Crippen LogP contribution in [0.4, 0.5) is 5.13 Å². The second kappa shape index (κ2) is 6.29. The second-order valence-corrected chi connectivity index (χ2v) is 6.81. The van der Waals surface area contributed by atoms with Gasteiger partial charge < -0.3 is 15.0 Å². The number of rotatable bonds is 4. The SMILES string of the molecule is O=C(NC1CC1)C1CN(c2nc(-c3ccccc3)cs2)CCO1. The van der Waals surface area contributed by atoms with Crippen LogP contribution in [0.2, 0.25) is 0 Å². The molecule has 0 bridgehead atoms. The van der Waals surface area contributed by atoms with Crippen LogP contribution < -0.4 is 10.2 Å². The van der Waals surface area contributed by atoms with Gasteiger partial charge in [0.15, 0.2) is 11.2 Å². The standard InChI is InChI=1S/C17H19N3O2S/c21-16(18-13-6-7-13)15-10-20(8-9-22-15)17-19-14(11-23-17)12-4-2-1-3-5-12/h1-5,11,13,15H,6-10H2,(H,18,21). The number of thiazole rings is 1. The highest BCUT2D eigenvalue weighted by atomic mass is 32.1. The summed E-state index contributed by atoms with van der Waals surface area (Å²) in [5.74, 6) is 0.0111. The molecule has 4 rings (SSSR count). The topological polar surface area (TPSA) is 54.5 Å². The monoisotopic (exact) mass is 329 g/mol. The third-order valence-corrected chi connectivity index (χ3v) is 5.02. The lowest BCUT2D eigenvalue weighted by atomic mass is 10.2. The van der Waals surface area contributed by atoms with Crippen molar-refractivity contribution in [3.05, 3.63) is 35.7 Å². The summed E-state index contributed by atoms with van der Waals surface area (Å²) in [5, 5.41) is 6.04. The van der Waals surface area contributed by atoms with Crippen LogP contribution >= 0.6 is 11.3 Å². The van der Waals surface area contributed by atoms with Crippen LogP contribution in [0.3, 0.4) is 0 Å². The van der Waals surface area contributed by atoms with E-state index in [0.717, 1.165) is 35.8 Å². The van der Waals surface area contributed by atoms with Gasteiger partial charge in [-0.1, -0.05) is 30.3 Å². The quantitative estimate of drug-likeness (QED) is 0.935. The van der Waals surface area contributed by atoms with Crippen LogP contribution in [-0.2, 0) is 9.53 Å². The van der Waals surface area contributed by atoms with Crippen molar-refractivity contribution in [3.63, 3.8) is 0 Å². The van der Waals surface area contributed by atoms with Gasteiger partial charge in [-0.2, -0.15) is 0 Å². The molecule has 120 valence electrons. The normalized spacial score (nSPS) is 21.2. The molecule has 1 aromatic heterocycles. The maximum Gasteiger partial charge on any atom is 0.251 e. The van der Waals surface area contributed by atoms with Gasteiger partial charge >= 0.3 is 0 Å². The first-order valence-electron chi connectivity index (χ1n) is 7.97. The molecule has 2 heterocycles. The number of hydrogen-bond donors (Lipinski definition) is 1. The Balaban J connectivity index is 1.45. The summed E-state index contributed by atoms with van der Waals surface area (Å²) in [4.78, 5) is 19.1. The van der Waals surface area contributed by atoms with E-state index in [0.29, 0.717) is 19.2 Å². The number of anilines is 1. The predicted octanol–water partition coefficient (Wildman–Crippen LogP) is 2.29. The van der Waals surface area contributed by atoms with Gasteiger partial charge in [-0.05, 0) is 12.8 Å². The summed E-state index contributed by atoms with van der Waals surface area (Å²) in [6.07, 6.45) is 1.79. The van der Waals surface area contributed by atoms with E-state index in [1.807, 2.05) is 18.2 Å². The van der Waals surface area contributed by atoms with Gasteiger partial charge in [-0.25, -0.2) is 4.98 Å². The molecule has 1 N–H and O–H groups in total. The van der Waals surface area contributed by atoms with Crippen LogP contribution in [0, 0.1) is 0 Å². The van der Waals surface area contributed by atoms with Gasteiger partial charge in [0.05, 0.1) is 18.8 Å². The van der Waals surface area contributed by atoms with E-state index < -0.39 is 6.10 Å². The molecule has 1 aliphatic heterocycles. The number of aromatic nitrogens is 1. The lowest BCUT2D eigenvalue weighted by Crippen LogP contribution is -2.50. The molecule has 0 radical (unpaired) electrons. The molecule has 23 heavy (non-hydrogen) atoms. The Kier molecular flexibility index (Phi) is 4.01. The van der Waals surface area contributed by atoms with E-state index in [1.54, 1.807) is 11.3 Å². The summed E-state index contributed by atoms with van der Waals surface area (Å²) in [7, 11) is 0. The summed E-state index contributed by atoms with van der Waals surface area (Å²) in [6.45, 7) is 1.90. The molecular formula is C17H19N3O2S. The number of amides is 1. The third kappa shape index (κ3) is 3.38. The number of benzene rings is 1. The minimum Gasteiger partial charge on any atom is -0.365 e. The van der Waals surface area contributed by atoms with Gasteiger partial charge in [-0.3, -0.25) is 4.79 Å². The van der Waals surface area contributed by atoms with Crippen LogP contribution in [0.15, 0.2) is 35.7 Å². The zero-order valence-corrected chi connectivity index (χ0v) is 13.6. The van der Waals surface area contributed by atoms with Gasteiger partial charge in [0, 0.05) is 23.5 Å². The van der Waals surface area contributed by atoms with Crippen molar-refractivity contribution in [1.29, 1.82) is 0 Å². The van der Waals surface area contributed by atoms with E-state index in [2.05, 4.69) is 27.7 Å². The Morgan fingerprint density at radius 2 is 2.13 bits per heavy atom. The molecule has 0 spiro atoms. The van der Waals surface area contributed by atoms with Crippen LogP contribution in [0.25, 0.3) is 11.3 Å². The largest absolute Gasteiger partial charge is 0.365 e. The number of nitrogens with zero attached hydrogens (tertiary/aromatic N) is 2. The molecule has 2 aliphatic rings. The van der Waals surface area contributed by atoms with Gasteiger partial charge in [0.1, 0.15) is 0 Å². The van der Waals surface area contributed by atoms with Crippen molar-refractivity contribution < 1.29 is 9.53 Å². The molecule has 1 unspecified atom stereocenters. The first-order valence-corrected chi connectivity index (χ1v) is 8.85. The molecule has 1 aromatic carbocycles. The zero-order valence-electron chi connectivity index (χ0n) is 12.8. The number of carbonyl (C=O) groups excluding carboxylic acids is 1. The molecule has 1 amide bonds. The fourth-order valence-electron chi connectivity index (χ4n) is 2.65.